The van der Waals surface area contributed by atoms with Gasteiger partial charge in [-0.2, -0.15) is 0 Å². The fourth-order valence-corrected chi connectivity index (χ4v) is 3.14. The van der Waals surface area contributed by atoms with E-state index < -0.39 is 5.97 Å². The number of allylic oxidation sites excluding steroid dienone is 1. The van der Waals surface area contributed by atoms with Gasteiger partial charge < -0.3 is 9.47 Å². The average molecular weight is 391 g/mol. The Morgan fingerprint density at radius 1 is 1.04 bits per heavy atom. The molecule has 0 atom stereocenters. The van der Waals surface area contributed by atoms with E-state index in [4.69, 9.17) is 21.1 Å². The van der Waals surface area contributed by atoms with E-state index in [1.54, 1.807) is 54.6 Å². The zero-order valence-corrected chi connectivity index (χ0v) is 15.7. The molecule has 0 fully saturated rings. The first kappa shape index (κ1) is 18.0. The maximum Gasteiger partial charge on any atom is 0.343 e. The standard InChI is InChI=1S/C23H15ClO4/c1-14-5-2-3-8-18(14)23(26)27-17-9-10-19-20(13-17)28-21(22(19)25)12-15-6-4-7-16(24)11-15/h2-13H,1H3/b21-12+. The summed E-state index contributed by atoms with van der Waals surface area (Å²) in [5.74, 6) is 0.167. The Balaban J connectivity index is 1.57. The maximum absolute atomic E-state index is 12.6. The molecule has 0 spiro atoms. The fraction of sp³-hybridized carbons (Fsp3) is 0.0435. The van der Waals surface area contributed by atoms with Gasteiger partial charge in [0, 0.05) is 11.1 Å². The summed E-state index contributed by atoms with van der Waals surface area (Å²) < 4.78 is 11.1. The maximum atomic E-state index is 12.6. The highest BCUT2D eigenvalue weighted by molar-refractivity contribution is 6.30. The molecule has 0 bridgehead atoms. The predicted molar refractivity (Wildman–Crippen MR) is 107 cm³/mol. The molecule has 1 heterocycles. The van der Waals surface area contributed by atoms with Crippen LogP contribution in [-0.2, 0) is 0 Å². The lowest BCUT2D eigenvalue weighted by Crippen LogP contribution is -2.10. The van der Waals surface area contributed by atoms with Gasteiger partial charge in [-0.3, -0.25) is 4.79 Å². The molecular formula is C23H15ClO4. The van der Waals surface area contributed by atoms with E-state index >= 15 is 0 Å². The van der Waals surface area contributed by atoms with Crippen LogP contribution < -0.4 is 9.47 Å². The molecule has 3 aromatic carbocycles. The number of aryl methyl sites for hydroxylation is 1. The molecule has 0 aliphatic carbocycles. The molecule has 1 aliphatic heterocycles. The van der Waals surface area contributed by atoms with Crippen molar-refractivity contribution in [3.8, 4) is 11.5 Å². The summed E-state index contributed by atoms with van der Waals surface area (Å²) in [6.45, 7) is 1.84. The van der Waals surface area contributed by atoms with Crippen LogP contribution in [0.15, 0.2) is 72.5 Å². The van der Waals surface area contributed by atoms with Gasteiger partial charge in [0.15, 0.2) is 5.76 Å². The van der Waals surface area contributed by atoms with Crippen LogP contribution in [0, 0.1) is 6.92 Å². The van der Waals surface area contributed by atoms with Crippen LogP contribution in [0.25, 0.3) is 6.08 Å². The number of fused-ring (bicyclic) bond motifs is 1. The fourth-order valence-electron chi connectivity index (χ4n) is 2.94. The van der Waals surface area contributed by atoms with Crippen molar-refractivity contribution >= 4 is 29.4 Å². The Kier molecular flexibility index (Phi) is 4.72. The minimum atomic E-state index is -0.461. The van der Waals surface area contributed by atoms with Gasteiger partial charge in [-0.05, 0) is 54.5 Å². The number of carbonyl (C=O) groups excluding carboxylic acids is 2. The highest BCUT2D eigenvalue weighted by Crippen LogP contribution is 2.35. The minimum Gasteiger partial charge on any atom is -0.452 e. The molecule has 0 radical (unpaired) electrons. The summed E-state index contributed by atoms with van der Waals surface area (Å²) in [4.78, 5) is 24.9. The Morgan fingerprint density at radius 3 is 2.64 bits per heavy atom. The molecule has 0 unspecified atom stereocenters. The predicted octanol–water partition coefficient (Wildman–Crippen LogP) is 5.48. The summed E-state index contributed by atoms with van der Waals surface area (Å²) in [5.41, 5.74) is 2.49. The first-order valence-corrected chi connectivity index (χ1v) is 9.01. The molecule has 3 aromatic rings. The second kappa shape index (κ2) is 7.33. The number of ether oxygens (including phenoxy) is 2. The van der Waals surface area contributed by atoms with Crippen molar-refractivity contribution < 1.29 is 19.1 Å². The van der Waals surface area contributed by atoms with Crippen LogP contribution in [0.3, 0.4) is 0 Å². The Labute approximate surface area is 167 Å². The van der Waals surface area contributed by atoms with Crippen molar-refractivity contribution in [2.24, 2.45) is 0 Å². The minimum absolute atomic E-state index is 0.194. The molecule has 4 nitrogen and oxygen atoms in total. The summed E-state index contributed by atoms with van der Waals surface area (Å²) in [7, 11) is 0. The third kappa shape index (κ3) is 3.55. The van der Waals surface area contributed by atoms with Crippen LogP contribution in [0.2, 0.25) is 5.02 Å². The lowest BCUT2D eigenvalue weighted by molar-refractivity contribution is 0.0733. The molecule has 138 valence electrons. The molecule has 0 amide bonds. The van der Waals surface area contributed by atoms with Crippen molar-refractivity contribution in [1.82, 2.24) is 0 Å². The Morgan fingerprint density at radius 2 is 1.86 bits per heavy atom. The Bertz CT molecular complexity index is 1130. The van der Waals surface area contributed by atoms with Crippen LogP contribution in [0.1, 0.15) is 31.8 Å². The van der Waals surface area contributed by atoms with Crippen molar-refractivity contribution in [1.29, 1.82) is 0 Å². The van der Waals surface area contributed by atoms with Gasteiger partial charge >= 0.3 is 5.97 Å². The molecule has 0 saturated heterocycles. The number of carbonyl (C=O) groups is 2. The van der Waals surface area contributed by atoms with E-state index in [2.05, 4.69) is 0 Å². The van der Waals surface area contributed by atoms with Crippen molar-refractivity contribution in [2.45, 2.75) is 6.92 Å². The topological polar surface area (TPSA) is 52.6 Å². The van der Waals surface area contributed by atoms with Crippen LogP contribution >= 0.6 is 11.6 Å². The van der Waals surface area contributed by atoms with Gasteiger partial charge in [0.1, 0.15) is 11.5 Å². The second-order valence-electron chi connectivity index (χ2n) is 6.36. The van der Waals surface area contributed by atoms with Crippen molar-refractivity contribution in [3.63, 3.8) is 0 Å². The van der Waals surface area contributed by atoms with E-state index in [-0.39, 0.29) is 11.5 Å². The van der Waals surface area contributed by atoms with Gasteiger partial charge in [-0.1, -0.05) is 41.9 Å². The number of Topliss-reactive ketones (excluding diaryl/α,β-unsaturated/α-hetero) is 1. The highest BCUT2D eigenvalue weighted by Gasteiger charge is 2.28. The molecule has 0 aromatic heterocycles. The first-order chi connectivity index (χ1) is 13.5. The average Bonchev–Trinajstić information content (AvgIpc) is 2.97. The van der Waals surface area contributed by atoms with E-state index in [0.29, 0.717) is 27.6 Å². The number of halogens is 1. The molecular weight excluding hydrogens is 376 g/mol. The third-order valence-corrected chi connectivity index (χ3v) is 4.60. The summed E-state index contributed by atoms with van der Waals surface area (Å²) in [6.07, 6.45) is 1.63. The summed E-state index contributed by atoms with van der Waals surface area (Å²) in [5, 5.41) is 0.572. The van der Waals surface area contributed by atoms with E-state index in [0.717, 1.165) is 11.1 Å². The quantitative estimate of drug-likeness (QED) is 0.337. The van der Waals surface area contributed by atoms with Crippen LogP contribution in [0.4, 0.5) is 0 Å². The number of rotatable bonds is 3. The molecule has 5 heteroatoms. The van der Waals surface area contributed by atoms with Gasteiger partial charge in [0.25, 0.3) is 0 Å². The van der Waals surface area contributed by atoms with E-state index in [1.807, 2.05) is 25.1 Å². The number of hydrogen-bond donors (Lipinski definition) is 0. The molecule has 0 saturated carbocycles. The van der Waals surface area contributed by atoms with Crippen molar-refractivity contribution in [3.05, 3.63) is 99.8 Å². The molecule has 1 aliphatic rings. The van der Waals surface area contributed by atoms with Gasteiger partial charge in [-0.25, -0.2) is 4.79 Å². The zero-order chi connectivity index (χ0) is 19.7. The molecule has 4 rings (SSSR count). The summed E-state index contributed by atoms with van der Waals surface area (Å²) in [6, 6.07) is 19.0. The number of benzene rings is 3. The second-order valence-corrected chi connectivity index (χ2v) is 6.79. The van der Waals surface area contributed by atoms with Gasteiger partial charge in [0.2, 0.25) is 5.78 Å². The monoisotopic (exact) mass is 390 g/mol. The smallest absolute Gasteiger partial charge is 0.343 e. The van der Waals surface area contributed by atoms with Gasteiger partial charge in [0.05, 0.1) is 11.1 Å². The third-order valence-electron chi connectivity index (χ3n) is 4.36. The van der Waals surface area contributed by atoms with Gasteiger partial charge in [-0.15, -0.1) is 0 Å². The van der Waals surface area contributed by atoms with Crippen molar-refractivity contribution in [2.75, 3.05) is 0 Å². The van der Waals surface area contributed by atoms with Crippen LogP contribution in [-0.4, -0.2) is 11.8 Å². The number of ketones is 1. The van der Waals surface area contributed by atoms with E-state index in [9.17, 15) is 9.59 Å². The van der Waals surface area contributed by atoms with Crippen LogP contribution in [0.5, 0.6) is 11.5 Å². The van der Waals surface area contributed by atoms with E-state index in [1.165, 1.54) is 0 Å². The SMILES string of the molecule is Cc1ccccc1C(=O)Oc1ccc2c(c1)O/C(=C/c1cccc(Cl)c1)C2=O. The Hall–Kier alpha value is -3.37. The first-order valence-electron chi connectivity index (χ1n) is 8.63. The molecule has 0 N–H and O–H groups in total. The number of esters is 1. The normalized spacial score (nSPS) is 13.9. The highest BCUT2D eigenvalue weighted by atomic mass is 35.5. The number of hydrogen-bond acceptors (Lipinski definition) is 4. The lowest BCUT2D eigenvalue weighted by Gasteiger charge is -2.07. The largest absolute Gasteiger partial charge is 0.452 e. The lowest BCUT2D eigenvalue weighted by atomic mass is 10.1. The molecule has 28 heavy (non-hydrogen) atoms. The summed E-state index contributed by atoms with van der Waals surface area (Å²) >= 11 is 5.98. The zero-order valence-electron chi connectivity index (χ0n) is 14.9.